The minimum absolute atomic E-state index is 0.0469. The molecule has 2 aromatic rings. The summed E-state index contributed by atoms with van der Waals surface area (Å²) >= 11 is 0. The molecule has 7 nitrogen and oxygen atoms in total. The van der Waals surface area contributed by atoms with Crippen molar-refractivity contribution in [2.45, 2.75) is 0 Å². The number of anilines is 1. The Morgan fingerprint density at radius 3 is 2.25 bits per heavy atom. The van der Waals surface area contributed by atoms with Crippen LogP contribution in [-0.2, 0) is 4.79 Å². The van der Waals surface area contributed by atoms with Gasteiger partial charge in [-0.05, 0) is 30.3 Å². The summed E-state index contributed by atoms with van der Waals surface area (Å²) in [7, 11) is 3.11. The molecule has 3 rings (SSSR count). The summed E-state index contributed by atoms with van der Waals surface area (Å²) < 4.78 is 10.5. The van der Waals surface area contributed by atoms with Gasteiger partial charge in [0.2, 0.25) is 5.91 Å². The summed E-state index contributed by atoms with van der Waals surface area (Å²) in [4.78, 5) is 28.8. The molecule has 148 valence electrons. The van der Waals surface area contributed by atoms with Gasteiger partial charge >= 0.3 is 0 Å². The molecule has 28 heavy (non-hydrogen) atoms. The Hall–Kier alpha value is -3.06. The van der Waals surface area contributed by atoms with E-state index >= 15 is 0 Å². The molecule has 1 fully saturated rings. The molecule has 1 heterocycles. The predicted molar refractivity (Wildman–Crippen MR) is 107 cm³/mol. The van der Waals surface area contributed by atoms with Crippen molar-refractivity contribution in [1.29, 1.82) is 0 Å². The van der Waals surface area contributed by atoms with E-state index in [9.17, 15) is 9.59 Å². The molecular formula is C21H25N3O4. The van der Waals surface area contributed by atoms with Crippen LogP contribution in [0.5, 0.6) is 11.5 Å². The van der Waals surface area contributed by atoms with Crippen LogP contribution in [0, 0.1) is 0 Å². The lowest BCUT2D eigenvalue weighted by molar-refractivity contribution is -0.117. The molecule has 0 spiro atoms. The fourth-order valence-electron chi connectivity index (χ4n) is 3.19. The number of amides is 2. The van der Waals surface area contributed by atoms with Crippen molar-refractivity contribution in [2.75, 3.05) is 52.3 Å². The first-order valence-corrected chi connectivity index (χ1v) is 9.19. The fourth-order valence-corrected chi connectivity index (χ4v) is 3.19. The molecule has 0 aliphatic carbocycles. The van der Waals surface area contributed by atoms with Crippen LogP contribution in [0.15, 0.2) is 48.5 Å². The first-order chi connectivity index (χ1) is 13.6. The topological polar surface area (TPSA) is 71.1 Å². The first kappa shape index (κ1) is 19.7. The second-order valence-corrected chi connectivity index (χ2v) is 6.55. The molecule has 1 aliphatic heterocycles. The number of piperazine rings is 1. The highest BCUT2D eigenvalue weighted by Gasteiger charge is 2.24. The predicted octanol–water partition coefficient (Wildman–Crippen LogP) is 2.10. The molecule has 7 heteroatoms. The maximum absolute atomic E-state index is 12.8. The van der Waals surface area contributed by atoms with E-state index in [1.807, 2.05) is 30.3 Å². The summed E-state index contributed by atoms with van der Waals surface area (Å²) in [6, 6.07) is 14.6. The number of carbonyl (C=O) groups is 2. The standard InChI is InChI=1S/C21H25N3O4/c1-27-18-9-8-16(14-19(18)28-2)21(26)24-12-10-23(11-13-24)15-20(25)22-17-6-4-3-5-7-17/h3-9,14H,10-13,15H2,1-2H3,(H,22,25). The highest BCUT2D eigenvalue weighted by molar-refractivity contribution is 5.95. The summed E-state index contributed by atoms with van der Waals surface area (Å²) in [5.41, 5.74) is 1.35. The van der Waals surface area contributed by atoms with Crippen molar-refractivity contribution in [2.24, 2.45) is 0 Å². The Bertz CT molecular complexity index is 818. The smallest absolute Gasteiger partial charge is 0.254 e. The molecule has 0 unspecified atom stereocenters. The van der Waals surface area contributed by atoms with E-state index in [0.717, 1.165) is 5.69 Å². The zero-order valence-electron chi connectivity index (χ0n) is 16.2. The summed E-state index contributed by atoms with van der Waals surface area (Å²) in [6.45, 7) is 2.77. The normalized spacial score (nSPS) is 14.4. The Labute approximate surface area is 164 Å². The van der Waals surface area contributed by atoms with Gasteiger partial charge < -0.3 is 19.7 Å². The lowest BCUT2D eigenvalue weighted by Crippen LogP contribution is -2.50. The summed E-state index contributed by atoms with van der Waals surface area (Å²) in [5.74, 6) is 1.03. The third-order valence-corrected chi connectivity index (χ3v) is 4.71. The van der Waals surface area contributed by atoms with Gasteiger partial charge in [0.1, 0.15) is 0 Å². The minimum Gasteiger partial charge on any atom is -0.493 e. The van der Waals surface area contributed by atoms with Crippen molar-refractivity contribution < 1.29 is 19.1 Å². The highest BCUT2D eigenvalue weighted by Crippen LogP contribution is 2.28. The van der Waals surface area contributed by atoms with Gasteiger partial charge in [-0.2, -0.15) is 0 Å². The molecule has 0 aromatic heterocycles. The van der Waals surface area contributed by atoms with Crippen molar-refractivity contribution >= 4 is 17.5 Å². The Balaban J connectivity index is 1.52. The third-order valence-electron chi connectivity index (χ3n) is 4.71. The van der Waals surface area contributed by atoms with E-state index < -0.39 is 0 Å². The summed E-state index contributed by atoms with van der Waals surface area (Å²) in [6.07, 6.45) is 0. The van der Waals surface area contributed by atoms with E-state index in [1.165, 1.54) is 0 Å². The van der Waals surface area contributed by atoms with Crippen LogP contribution in [0.4, 0.5) is 5.69 Å². The van der Waals surface area contributed by atoms with Gasteiger partial charge in [0, 0.05) is 37.4 Å². The van der Waals surface area contributed by atoms with Crippen LogP contribution in [0.2, 0.25) is 0 Å². The van der Waals surface area contributed by atoms with E-state index in [2.05, 4.69) is 10.2 Å². The van der Waals surface area contributed by atoms with Crippen LogP contribution in [0.3, 0.4) is 0 Å². The molecule has 2 aromatic carbocycles. The molecule has 0 bridgehead atoms. The van der Waals surface area contributed by atoms with Crippen LogP contribution < -0.4 is 14.8 Å². The van der Waals surface area contributed by atoms with Crippen molar-refractivity contribution in [1.82, 2.24) is 9.80 Å². The number of nitrogens with one attached hydrogen (secondary N) is 1. The van der Waals surface area contributed by atoms with Crippen LogP contribution in [-0.4, -0.2) is 68.6 Å². The molecule has 1 aliphatic rings. The van der Waals surface area contributed by atoms with Crippen molar-refractivity contribution in [3.05, 3.63) is 54.1 Å². The lowest BCUT2D eigenvalue weighted by atomic mass is 10.1. The average molecular weight is 383 g/mol. The quantitative estimate of drug-likeness (QED) is 0.827. The highest BCUT2D eigenvalue weighted by atomic mass is 16.5. The Kier molecular flexibility index (Phi) is 6.49. The fraction of sp³-hybridized carbons (Fsp3) is 0.333. The number of nitrogens with zero attached hydrogens (tertiary/aromatic N) is 2. The summed E-state index contributed by atoms with van der Waals surface area (Å²) in [5, 5.41) is 2.89. The second-order valence-electron chi connectivity index (χ2n) is 6.55. The number of hydrogen-bond donors (Lipinski definition) is 1. The molecule has 2 amide bonds. The second kappa shape index (κ2) is 9.23. The molecule has 1 N–H and O–H groups in total. The third kappa shape index (κ3) is 4.80. The van der Waals surface area contributed by atoms with Gasteiger partial charge in [0.25, 0.3) is 5.91 Å². The SMILES string of the molecule is COc1ccc(C(=O)N2CCN(CC(=O)Nc3ccccc3)CC2)cc1OC. The Morgan fingerprint density at radius 1 is 0.929 bits per heavy atom. The van der Waals surface area contributed by atoms with Gasteiger partial charge in [-0.3, -0.25) is 14.5 Å². The van der Waals surface area contributed by atoms with Crippen molar-refractivity contribution in [3.63, 3.8) is 0 Å². The van der Waals surface area contributed by atoms with E-state index in [0.29, 0.717) is 49.8 Å². The molecule has 0 atom stereocenters. The number of methoxy groups -OCH3 is 2. The molecular weight excluding hydrogens is 358 g/mol. The van der Waals surface area contributed by atoms with Crippen LogP contribution in [0.25, 0.3) is 0 Å². The zero-order valence-corrected chi connectivity index (χ0v) is 16.2. The minimum atomic E-state index is -0.0501. The first-order valence-electron chi connectivity index (χ1n) is 9.19. The number of hydrogen-bond acceptors (Lipinski definition) is 5. The number of benzene rings is 2. The number of ether oxygens (including phenoxy) is 2. The number of para-hydroxylation sites is 1. The maximum atomic E-state index is 12.8. The lowest BCUT2D eigenvalue weighted by Gasteiger charge is -2.34. The number of rotatable bonds is 6. The van der Waals surface area contributed by atoms with Gasteiger partial charge in [-0.25, -0.2) is 0 Å². The van der Waals surface area contributed by atoms with E-state index in [-0.39, 0.29) is 11.8 Å². The van der Waals surface area contributed by atoms with Gasteiger partial charge in [0.15, 0.2) is 11.5 Å². The Morgan fingerprint density at radius 2 is 1.61 bits per heavy atom. The maximum Gasteiger partial charge on any atom is 0.254 e. The number of carbonyl (C=O) groups excluding carboxylic acids is 2. The molecule has 1 saturated heterocycles. The van der Waals surface area contributed by atoms with Crippen molar-refractivity contribution in [3.8, 4) is 11.5 Å². The van der Waals surface area contributed by atoms with Gasteiger partial charge in [0.05, 0.1) is 20.8 Å². The van der Waals surface area contributed by atoms with E-state index in [1.54, 1.807) is 37.3 Å². The molecule has 0 saturated carbocycles. The van der Waals surface area contributed by atoms with Gasteiger partial charge in [-0.1, -0.05) is 18.2 Å². The monoisotopic (exact) mass is 383 g/mol. The van der Waals surface area contributed by atoms with Crippen LogP contribution >= 0.6 is 0 Å². The van der Waals surface area contributed by atoms with E-state index in [4.69, 9.17) is 9.47 Å². The average Bonchev–Trinajstić information content (AvgIpc) is 2.74. The largest absolute Gasteiger partial charge is 0.493 e. The van der Waals surface area contributed by atoms with Crippen LogP contribution in [0.1, 0.15) is 10.4 Å². The van der Waals surface area contributed by atoms with Gasteiger partial charge in [-0.15, -0.1) is 0 Å². The molecule has 0 radical (unpaired) electrons. The zero-order chi connectivity index (χ0) is 19.9.